The highest BCUT2D eigenvalue weighted by Crippen LogP contribution is 2.45. The molecule has 0 saturated carbocycles. The highest BCUT2D eigenvalue weighted by Gasteiger charge is 2.39. The quantitative estimate of drug-likeness (QED) is 0.437. The van der Waals surface area contributed by atoms with Crippen molar-refractivity contribution in [2.75, 3.05) is 13.2 Å². The average molecular weight is 401 g/mol. The van der Waals surface area contributed by atoms with Crippen molar-refractivity contribution < 1.29 is 14.6 Å². The minimum atomic E-state index is -0.390. The number of nitrogens with zero attached hydrogens (tertiary/aromatic N) is 1. The van der Waals surface area contributed by atoms with Gasteiger partial charge in [-0.3, -0.25) is 4.79 Å². The number of ketones is 1. The molecule has 0 bridgehead atoms. The van der Waals surface area contributed by atoms with E-state index < -0.39 is 5.41 Å². The molecule has 30 heavy (non-hydrogen) atoms. The molecule has 0 radical (unpaired) electrons. The highest BCUT2D eigenvalue weighted by atomic mass is 16.5. The summed E-state index contributed by atoms with van der Waals surface area (Å²) in [5.41, 5.74) is 4.80. The summed E-state index contributed by atoms with van der Waals surface area (Å²) in [5.74, 6) is 1.53. The predicted molar refractivity (Wildman–Crippen MR) is 115 cm³/mol. The first-order valence-electron chi connectivity index (χ1n) is 10.1. The number of carbonyl (C=O) groups excluding carboxylic acids is 1. The number of hydrogen-bond acceptors (Lipinski definition) is 4. The van der Waals surface area contributed by atoms with Crippen molar-refractivity contribution in [3.05, 3.63) is 71.2 Å². The summed E-state index contributed by atoms with van der Waals surface area (Å²) in [7, 11) is 0. The van der Waals surface area contributed by atoms with Gasteiger partial charge in [-0.15, -0.1) is 0 Å². The molecule has 6 nitrogen and oxygen atoms in total. The van der Waals surface area contributed by atoms with E-state index >= 15 is 0 Å². The Morgan fingerprint density at radius 2 is 2.03 bits per heavy atom. The van der Waals surface area contributed by atoms with Crippen LogP contribution in [0.5, 0.6) is 5.75 Å². The van der Waals surface area contributed by atoms with Gasteiger partial charge in [-0.25, -0.2) is 4.98 Å². The molecule has 2 aromatic carbocycles. The predicted octanol–water partition coefficient (Wildman–Crippen LogP) is 4.19. The number of imidazole rings is 1. The van der Waals surface area contributed by atoms with Gasteiger partial charge in [0, 0.05) is 58.6 Å². The molecule has 0 unspecified atom stereocenters. The molecule has 152 valence electrons. The van der Waals surface area contributed by atoms with E-state index in [2.05, 4.69) is 28.8 Å². The van der Waals surface area contributed by atoms with E-state index in [0.29, 0.717) is 24.3 Å². The number of benzene rings is 2. The van der Waals surface area contributed by atoms with Gasteiger partial charge in [0.2, 0.25) is 0 Å². The van der Waals surface area contributed by atoms with Crippen molar-refractivity contribution >= 4 is 16.7 Å². The zero-order chi connectivity index (χ0) is 20.9. The number of aliphatic hydroxyl groups excluding tert-OH is 1. The standard InChI is InChI=1S/C24H23N3O3/c1-24(2)18-13-15(30-11-3-10-28)5-7-16(18)21(29)20-17-6-4-14(23-25-8-9-26-23)12-19(17)27-22(20)24/h4-9,12-13,27-28H,3,10-11H2,1-2H3,(H,25,26). The number of hydrogen-bond donors (Lipinski definition) is 3. The molecule has 0 amide bonds. The van der Waals surface area contributed by atoms with Gasteiger partial charge in [0.15, 0.2) is 5.78 Å². The third-order valence-corrected chi connectivity index (χ3v) is 5.90. The van der Waals surface area contributed by atoms with Crippen LogP contribution >= 0.6 is 0 Å². The molecule has 0 saturated heterocycles. The maximum Gasteiger partial charge on any atom is 0.195 e. The van der Waals surface area contributed by atoms with Crippen LogP contribution in [-0.2, 0) is 5.41 Å². The molecule has 1 aliphatic carbocycles. The van der Waals surface area contributed by atoms with Crippen molar-refractivity contribution in [3.8, 4) is 17.1 Å². The van der Waals surface area contributed by atoms with Crippen LogP contribution in [0.15, 0.2) is 48.8 Å². The normalized spacial score (nSPS) is 14.6. The fraction of sp³-hybridized carbons (Fsp3) is 0.250. The lowest BCUT2D eigenvalue weighted by Gasteiger charge is -2.32. The summed E-state index contributed by atoms with van der Waals surface area (Å²) in [6.45, 7) is 4.78. The van der Waals surface area contributed by atoms with Gasteiger partial charge < -0.3 is 19.8 Å². The molecule has 0 atom stereocenters. The van der Waals surface area contributed by atoms with Crippen LogP contribution in [0.3, 0.4) is 0 Å². The molecular formula is C24H23N3O3. The largest absolute Gasteiger partial charge is 0.493 e. The molecule has 6 heteroatoms. The Morgan fingerprint density at radius 3 is 2.80 bits per heavy atom. The number of aromatic nitrogens is 3. The SMILES string of the molecule is CC1(C)c2cc(OCCCO)ccc2C(=O)c2c1[nH]c1cc(-c3ncc[nH]3)ccc21. The molecule has 1 aliphatic rings. The molecule has 0 fully saturated rings. The number of ether oxygens (including phenoxy) is 1. The van der Waals surface area contributed by atoms with Gasteiger partial charge in [-0.1, -0.05) is 26.0 Å². The number of aromatic amines is 2. The Bertz CT molecular complexity index is 1250. The molecule has 2 aromatic heterocycles. The summed E-state index contributed by atoms with van der Waals surface area (Å²) in [6, 6.07) is 11.7. The van der Waals surface area contributed by atoms with Gasteiger partial charge in [0.1, 0.15) is 11.6 Å². The van der Waals surface area contributed by atoms with E-state index in [1.54, 1.807) is 12.4 Å². The van der Waals surface area contributed by atoms with Crippen molar-refractivity contribution in [1.82, 2.24) is 15.0 Å². The molecular weight excluding hydrogens is 378 g/mol. The second-order valence-electron chi connectivity index (χ2n) is 8.16. The van der Waals surface area contributed by atoms with Crippen LogP contribution < -0.4 is 4.74 Å². The Labute approximate surface area is 173 Å². The van der Waals surface area contributed by atoms with Crippen LogP contribution in [-0.4, -0.2) is 39.1 Å². The maximum atomic E-state index is 13.4. The Hall–Kier alpha value is -3.38. The lowest BCUT2D eigenvalue weighted by atomic mass is 9.71. The van der Waals surface area contributed by atoms with Crippen LogP contribution in [0.4, 0.5) is 0 Å². The van der Waals surface area contributed by atoms with E-state index in [4.69, 9.17) is 9.84 Å². The van der Waals surface area contributed by atoms with Crippen LogP contribution in [0.2, 0.25) is 0 Å². The van der Waals surface area contributed by atoms with E-state index in [-0.39, 0.29) is 12.4 Å². The first kappa shape index (κ1) is 18.6. The van der Waals surface area contributed by atoms with Crippen LogP contribution in [0, 0.1) is 0 Å². The lowest BCUT2D eigenvalue weighted by Crippen LogP contribution is -2.30. The average Bonchev–Trinajstić information content (AvgIpc) is 3.40. The Balaban J connectivity index is 1.62. The fourth-order valence-electron chi connectivity index (χ4n) is 4.32. The van der Waals surface area contributed by atoms with Gasteiger partial charge in [0.05, 0.1) is 12.2 Å². The minimum absolute atomic E-state index is 0.0261. The van der Waals surface area contributed by atoms with E-state index in [0.717, 1.165) is 39.1 Å². The number of H-pyrrole nitrogens is 2. The van der Waals surface area contributed by atoms with E-state index in [1.165, 1.54) is 0 Å². The fourth-order valence-corrected chi connectivity index (χ4v) is 4.32. The van der Waals surface area contributed by atoms with Gasteiger partial charge in [-0.2, -0.15) is 0 Å². The molecule has 4 aromatic rings. The van der Waals surface area contributed by atoms with Crippen molar-refractivity contribution in [1.29, 1.82) is 0 Å². The van der Waals surface area contributed by atoms with Crippen LogP contribution in [0.25, 0.3) is 22.3 Å². The zero-order valence-corrected chi connectivity index (χ0v) is 17.0. The highest BCUT2D eigenvalue weighted by molar-refractivity contribution is 6.20. The third kappa shape index (κ3) is 2.75. The molecule has 0 spiro atoms. The van der Waals surface area contributed by atoms with Gasteiger partial charge in [0.25, 0.3) is 0 Å². The minimum Gasteiger partial charge on any atom is -0.493 e. The number of rotatable bonds is 5. The van der Waals surface area contributed by atoms with E-state index in [1.807, 2.05) is 36.4 Å². The summed E-state index contributed by atoms with van der Waals surface area (Å²) < 4.78 is 5.75. The maximum absolute atomic E-state index is 13.4. The topological polar surface area (TPSA) is 91.0 Å². The zero-order valence-electron chi connectivity index (χ0n) is 17.0. The summed E-state index contributed by atoms with van der Waals surface area (Å²) >= 11 is 0. The van der Waals surface area contributed by atoms with Crippen molar-refractivity contribution in [3.63, 3.8) is 0 Å². The smallest absolute Gasteiger partial charge is 0.195 e. The first-order chi connectivity index (χ1) is 14.5. The second kappa shape index (κ2) is 6.85. The summed E-state index contributed by atoms with van der Waals surface area (Å²) in [6.07, 6.45) is 4.09. The second-order valence-corrected chi connectivity index (χ2v) is 8.16. The Kier molecular flexibility index (Phi) is 4.25. The number of nitrogens with one attached hydrogen (secondary N) is 2. The first-order valence-corrected chi connectivity index (χ1v) is 10.1. The monoisotopic (exact) mass is 401 g/mol. The molecule has 5 rings (SSSR count). The number of carbonyl (C=O) groups is 1. The molecule has 2 heterocycles. The molecule has 0 aliphatic heterocycles. The summed E-state index contributed by atoms with van der Waals surface area (Å²) in [4.78, 5) is 24.4. The van der Waals surface area contributed by atoms with Crippen molar-refractivity contribution in [2.45, 2.75) is 25.7 Å². The van der Waals surface area contributed by atoms with Crippen molar-refractivity contribution in [2.24, 2.45) is 0 Å². The third-order valence-electron chi connectivity index (χ3n) is 5.90. The summed E-state index contributed by atoms with van der Waals surface area (Å²) in [5, 5.41) is 9.90. The molecule has 3 N–H and O–H groups in total. The number of aliphatic hydroxyl groups is 1. The van der Waals surface area contributed by atoms with Gasteiger partial charge in [-0.05, 0) is 29.8 Å². The van der Waals surface area contributed by atoms with Crippen LogP contribution in [0.1, 0.15) is 47.4 Å². The number of fused-ring (bicyclic) bond motifs is 4. The Morgan fingerprint density at radius 1 is 1.17 bits per heavy atom. The lowest BCUT2D eigenvalue weighted by molar-refractivity contribution is 0.103. The van der Waals surface area contributed by atoms with Gasteiger partial charge >= 0.3 is 0 Å². The van der Waals surface area contributed by atoms with E-state index in [9.17, 15) is 4.79 Å².